The summed E-state index contributed by atoms with van der Waals surface area (Å²) in [7, 11) is 0. The lowest BCUT2D eigenvalue weighted by Gasteiger charge is -2.11. The fourth-order valence-electron chi connectivity index (χ4n) is 1.67. The SMILES string of the molecule is Cc1ccc(Nc2cccc(F)c2C(=O)O)cc1Cl. The molecule has 0 saturated carbocycles. The molecule has 0 aliphatic heterocycles. The molecule has 0 fully saturated rings. The van der Waals surface area contributed by atoms with Crippen LogP contribution in [0.25, 0.3) is 0 Å². The number of benzene rings is 2. The molecule has 0 heterocycles. The van der Waals surface area contributed by atoms with Crippen molar-refractivity contribution < 1.29 is 14.3 Å². The van der Waals surface area contributed by atoms with Crippen LogP contribution in [0.15, 0.2) is 36.4 Å². The normalized spacial score (nSPS) is 10.3. The van der Waals surface area contributed by atoms with Crippen molar-refractivity contribution in [1.29, 1.82) is 0 Å². The quantitative estimate of drug-likeness (QED) is 0.884. The lowest BCUT2D eigenvalue weighted by Crippen LogP contribution is -2.05. The first-order chi connectivity index (χ1) is 8.99. The molecule has 0 aromatic heterocycles. The number of carboxylic acid groups (broad SMARTS) is 1. The van der Waals surface area contributed by atoms with Gasteiger partial charge in [0.05, 0.1) is 5.69 Å². The largest absolute Gasteiger partial charge is 0.478 e. The van der Waals surface area contributed by atoms with E-state index in [-0.39, 0.29) is 11.3 Å². The molecule has 98 valence electrons. The molecule has 0 aliphatic carbocycles. The Morgan fingerprint density at radius 3 is 2.68 bits per heavy atom. The summed E-state index contributed by atoms with van der Waals surface area (Å²) in [6, 6.07) is 9.26. The number of carboxylic acids is 1. The van der Waals surface area contributed by atoms with E-state index in [4.69, 9.17) is 16.7 Å². The summed E-state index contributed by atoms with van der Waals surface area (Å²) in [5.74, 6) is -2.10. The van der Waals surface area contributed by atoms with Gasteiger partial charge in [-0.15, -0.1) is 0 Å². The molecule has 3 nitrogen and oxygen atoms in total. The molecule has 2 rings (SSSR count). The van der Waals surface area contributed by atoms with E-state index >= 15 is 0 Å². The Hall–Kier alpha value is -2.07. The Balaban J connectivity index is 2.40. The molecule has 0 unspecified atom stereocenters. The summed E-state index contributed by atoms with van der Waals surface area (Å²) < 4.78 is 13.5. The van der Waals surface area contributed by atoms with Crippen LogP contribution in [0.1, 0.15) is 15.9 Å². The van der Waals surface area contributed by atoms with Crippen LogP contribution in [0.4, 0.5) is 15.8 Å². The van der Waals surface area contributed by atoms with Gasteiger partial charge in [0.1, 0.15) is 11.4 Å². The van der Waals surface area contributed by atoms with Crippen LogP contribution in [-0.4, -0.2) is 11.1 Å². The molecule has 2 N–H and O–H groups in total. The van der Waals surface area contributed by atoms with E-state index in [1.165, 1.54) is 12.1 Å². The highest BCUT2D eigenvalue weighted by Crippen LogP contribution is 2.26. The fourth-order valence-corrected chi connectivity index (χ4v) is 1.85. The fraction of sp³-hybridized carbons (Fsp3) is 0.0714. The van der Waals surface area contributed by atoms with Gasteiger partial charge < -0.3 is 10.4 Å². The van der Waals surface area contributed by atoms with Gasteiger partial charge in [0, 0.05) is 10.7 Å². The third-order valence-corrected chi connectivity index (χ3v) is 3.09. The molecule has 0 aliphatic rings. The summed E-state index contributed by atoms with van der Waals surface area (Å²) in [5.41, 5.74) is 1.31. The van der Waals surface area contributed by atoms with Crippen molar-refractivity contribution in [2.45, 2.75) is 6.92 Å². The van der Waals surface area contributed by atoms with Gasteiger partial charge >= 0.3 is 5.97 Å². The number of halogens is 2. The average molecular weight is 280 g/mol. The van der Waals surface area contributed by atoms with E-state index in [2.05, 4.69) is 5.32 Å². The number of hydrogen-bond donors (Lipinski definition) is 2. The second kappa shape index (κ2) is 5.28. The Kier molecular flexibility index (Phi) is 3.71. The van der Waals surface area contributed by atoms with Gasteiger partial charge in [0.25, 0.3) is 0 Å². The smallest absolute Gasteiger partial charge is 0.340 e. The third-order valence-electron chi connectivity index (χ3n) is 2.68. The number of hydrogen-bond acceptors (Lipinski definition) is 2. The Morgan fingerprint density at radius 2 is 2.05 bits per heavy atom. The van der Waals surface area contributed by atoms with Gasteiger partial charge in [-0.05, 0) is 36.8 Å². The monoisotopic (exact) mass is 279 g/mol. The third kappa shape index (κ3) is 2.85. The predicted molar refractivity (Wildman–Crippen MR) is 72.8 cm³/mol. The Bertz CT molecular complexity index is 643. The van der Waals surface area contributed by atoms with Crippen LogP contribution in [0.3, 0.4) is 0 Å². The van der Waals surface area contributed by atoms with Crippen molar-refractivity contribution in [1.82, 2.24) is 0 Å². The highest BCUT2D eigenvalue weighted by molar-refractivity contribution is 6.31. The predicted octanol–water partition coefficient (Wildman–Crippen LogP) is 4.23. The summed E-state index contributed by atoms with van der Waals surface area (Å²) >= 11 is 5.98. The summed E-state index contributed by atoms with van der Waals surface area (Å²) in [4.78, 5) is 11.0. The first kappa shape index (κ1) is 13.4. The van der Waals surface area contributed by atoms with Crippen molar-refractivity contribution >= 4 is 28.9 Å². The van der Waals surface area contributed by atoms with Crippen molar-refractivity contribution in [3.63, 3.8) is 0 Å². The van der Waals surface area contributed by atoms with E-state index < -0.39 is 11.8 Å². The van der Waals surface area contributed by atoms with Gasteiger partial charge in [-0.3, -0.25) is 0 Å². The molecule has 0 atom stereocenters. The standard InChI is InChI=1S/C14H11ClFNO2/c1-8-5-6-9(7-10(8)15)17-12-4-2-3-11(16)13(12)14(18)19/h2-7,17H,1H3,(H,18,19). The first-order valence-electron chi connectivity index (χ1n) is 5.54. The maximum absolute atomic E-state index is 13.5. The van der Waals surface area contributed by atoms with Crippen LogP contribution in [0.2, 0.25) is 5.02 Å². The molecule has 0 spiro atoms. The van der Waals surface area contributed by atoms with Crippen molar-refractivity contribution in [3.8, 4) is 0 Å². The minimum absolute atomic E-state index is 0.187. The molecule has 0 bridgehead atoms. The second-order valence-corrected chi connectivity index (χ2v) is 4.46. The number of rotatable bonds is 3. The lowest BCUT2D eigenvalue weighted by molar-refractivity contribution is 0.0693. The van der Waals surface area contributed by atoms with Gasteiger partial charge in [-0.1, -0.05) is 23.7 Å². The van der Waals surface area contributed by atoms with Crippen molar-refractivity contribution in [2.24, 2.45) is 0 Å². The van der Waals surface area contributed by atoms with Crippen LogP contribution in [-0.2, 0) is 0 Å². The maximum Gasteiger partial charge on any atom is 0.340 e. The topological polar surface area (TPSA) is 49.3 Å². The summed E-state index contributed by atoms with van der Waals surface area (Å²) in [6.07, 6.45) is 0. The molecule has 19 heavy (non-hydrogen) atoms. The van der Waals surface area contributed by atoms with E-state index in [1.807, 2.05) is 6.92 Å². The molecule has 0 radical (unpaired) electrons. The minimum Gasteiger partial charge on any atom is -0.478 e. The molecular weight excluding hydrogens is 269 g/mol. The zero-order valence-corrected chi connectivity index (χ0v) is 10.8. The van der Waals surface area contributed by atoms with Gasteiger partial charge in [-0.2, -0.15) is 0 Å². The maximum atomic E-state index is 13.5. The van der Waals surface area contributed by atoms with Crippen molar-refractivity contribution in [2.75, 3.05) is 5.32 Å². The van der Waals surface area contributed by atoms with E-state index in [9.17, 15) is 9.18 Å². The number of anilines is 2. The highest BCUT2D eigenvalue weighted by atomic mass is 35.5. The summed E-state index contributed by atoms with van der Waals surface area (Å²) in [5, 5.41) is 12.4. The molecule has 0 saturated heterocycles. The van der Waals surface area contributed by atoms with Crippen LogP contribution < -0.4 is 5.32 Å². The number of carbonyl (C=O) groups is 1. The van der Waals surface area contributed by atoms with Crippen LogP contribution >= 0.6 is 11.6 Å². The Labute approximate surface area is 114 Å². The van der Waals surface area contributed by atoms with Gasteiger partial charge in [-0.25, -0.2) is 9.18 Å². The zero-order chi connectivity index (χ0) is 14.0. The highest BCUT2D eigenvalue weighted by Gasteiger charge is 2.15. The average Bonchev–Trinajstić information content (AvgIpc) is 2.33. The lowest BCUT2D eigenvalue weighted by atomic mass is 10.1. The van der Waals surface area contributed by atoms with E-state index in [0.717, 1.165) is 11.6 Å². The molecular formula is C14H11ClFNO2. The molecule has 0 amide bonds. The van der Waals surface area contributed by atoms with Crippen LogP contribution in [0, 0.1) is 12.7 Å². The number of aryl methyl sites for hydroxylation is 1. The first-order valence-corrected chi connectivity index (χ1v) is 5.92. The molecule has 2 aromatic rings. The van der Waals surface area contributed by atoms with Gasteiger partial charge in [0.15, 0.2) is 0 Å². The van der Waals surface area contributed by atoms with Gasteiger partial charge in [0.2, 0.25) is 0 Å². The minimum atomic E-state index is -1.32. The van der Waals surface area contributed by atoms with Crippen molar-refractivity contribution in [3.05, 3.63) is 58.4 Å². The number of nitrogens with one attached hydrogen (secondary N) is 1. The zero-order valence-electron chi connectivity index (χ0n) is 10.1. The second-order valence-electron chi connectivity index (χ2n) is 4.06. The summed E-state index contributed by atoms with van der Waals surface area (Å²) in [6.45, 7) is 1.86. The van der Waals surface area contributed by atoms with Crippen LogP contribution in [0.5, 0.6) is 0 Å². The Morgan fingerprint density at radius 1 is 1.32 bits per heavy atom. The number of aromatic carboxylic acids is 1. The van der Waals surface area contributed by atoms with E-state index in [0.29, 0.717) is 10.7 Å². The molecule has 2 aromatic carbocycles. The molecule has 5 heteroatoms. The van der Waals surface area contributed by atoms with E-state index in [1.54, 1.807) is 18.2 Å².